The molecule has 0 aliphatic carbocycles. The number of benzene rings is 2. The van der Waals surface area contributed by atoms with E-state index in [1.165, 1.54) is 22.5 Å². The minimum Gasteiger partial charge on any atom is -0.322 e. The van der Waals surface area contributed by atoms with Gasteiger partial charge in [-0.2, -0.15) is 4.31 Å². The van der Waals surface area contributed by atoms with E-state index in [2.05, 4.69) is 10.2 Å². The Labute approximate surface area is 171 Å². The van der Waals surface area contributed by atoms with Gasteiger partial charge in [0.1, 0.15) is 4.90 Å². The summed E-state index contributed by atoms with van der Waals surface area (Å²) in [6, 6.07) is 11.9. The molecule has 1 aliphatic rings. The Morgan fingerprint density at radius 2 is 1.79 bits per heavy atom. The predicted molar refractivity (Wildman–Crippen MR) is 111 cm³/mol. The fourth-order valence-electron chi connectivity index (χ4n) is 3.15. The van der Waals surface area contributed by atoms with Crippen LogP contribution in [0.4, 0.5) is 5.69 Å². The lowest BCUT2D eigenvalue weighted by Gasteiger charge is -2.31. The summed E-state index contributed by atoms with van der Waals surface area (Å²) in [5.41, 5.74) is 1.98. The van der Waals surface area contributed by atoms with Crippen LogP contribution < -0.4 is 5.32 Å². The molecule has 1 aliphatic heterocycles. The number of hydrogen-bond donors (Lipinski definition) is 1. The normalized spacial score (nSPS) is 16.1. The third-order valence-electron chi connectivity index (χ3n) is 4.92. The van der Waals surface area contributed by atoms with Crippen LogP contribution in [0, 0.1) is 0 Å². The second kappa shape index (κ2) is 8.61. The minimum absolute atomic E-state index is 0.0323. The van der Waals surface area contributed by atoms with Gasteiger partial charge in [0.25, 0.3) is 5.91 Å². The first-order chi connectivity index (χ1) is 13.3. The first kappa shape index (κ1) is 20.8. The van der Waals surface area contributed by atoms with E-state index in [0.29, 0.717) is 31.9 Å². The van der Waals surface area contributed by atoms with Crippen molar-refractivity contribution in [3.05, 3.63) is 58.6 Å². The Morgan fingerprint density at radius 1 is 1.11 bits per heavy atom. The summed E-state index contributed by atoms with van der Waals surface area (Å²) in [5.74, 6) is -0.368. The molecule has 8 heteroatoms. The fraction of sp³-hybridized carbons (Fsp3) is 0.350. The maximum absolute atomic E-state index is 13.0. The maximum Gasteiger partial charge on any atom is 0.255 e. The van der Waals surface area contributed by atoms with Crippen LogP contribution in [0.15, 0.2) is 47.4 Å². The number of anilines is 1. The Kier molecular flexibility index (Phi) is 6.40. The lowest BCUT2D eigenvalue weighted by Crippen LogP contribution is -2.47. The number of aryl methyl sites for hydroxylation is 1. The number of piperazine rings is 1. The molecule has 3 rings (SSSR count). The van der Waals surface area contributed by atoms with Crippen LogP contribution in [-0.4, -0.2) is 56.8 Å². The molecule has 0 unspecified atom stereocenters. The highest BCUT2D eigenvalue weighted by Crippen LogP contribution is 2.27. The number of para-hydroxylation sites is 1. The van der Waals surface area contributed by atoms with Crippen LogP contribution in [0.3, 0.4) is 0 Å². The number of amides is 1. The van der Waals surface area contributed by atoms with Crippen molar-refractivity contribution in [3.63, 3.8) is 0 Å². The highest BCUT2D eigenvalue weighted by atomic mass is 35.5. The van der Waals surface area contributed by atoms with Gasteiger partial charge in [-0.1, -0.05) is 36.7 Å². The maximum atomic E-state index is 13.0. The smallest absolute Gasteiger partial charge is 0.255 e. The molecule has 0 atom stereocenters. The van der Waals surface area contributed by atoms with Crippen LogP contribution >= 0.6 is 11.6 Å². The molecule has 1 amide bonds. The molecular formula is C20H24ClN3O3S. The van der Waals surface area contributed by atoms with Gasteiger partial charge in [0, 0.05) is 37.4 Å². The van der Waals surface area contributed by atoms with E-state index >= 15 is 0 Å². The van der Waals surface area contributed by atoms with E-state index in [0.717, 1.165) is 12.0 Å². The molecule has 28 heavy (non-hydrogen) atoms. The summed E-state index contributed by atoms with van der Waals surface area (Å²) in [7, 11) is -1.81. The first-order valence-corrected chi connectivity index (χ1v) is 11.0. The SMILES string of the molecule is CCc1ccccc1NC(=O)c1ccc(Cl)c(S(=O)(=O)N2CCN(C)CC2)c1. The number of halogens is 1. The van der Waals surface area contributed by atoms with Gasteiger partial charge in [0.15, 0.2) is 0 Å². The van der Waals surface area contributed by atoms with E-state index in [1.807, 2.05) is 38.2 Å². The Bertz CT molecular complexity index is 970. The Morgan fingerprint density at radius 3 is 2.46 bits per heavy atom. The number of carbonyl (C=O) groups excluding carboxylic acids is 1. The number of nitrogens with zero attached hydrogens (tertiary/aromatic N) is 2. The molecule has 0 aromatic heterocycles. The number of likely N-dealkylation sites (N-methyl/N-ethyl adjacent to an activating group) is 1. The van der Waals surface area contributed by atoms with Crippen molar-refractivity contribution < 1.29 is 13.2 Å². The standard InChI is InChI=1S/C20H24ClN3O3S/c1-3-15-6-4-5-7-18(15)22-20(25)16-8-9-17(21)19(14-16)28(26,27)24-12-10-23(2)11-13-24/h4-9,14H,3,10-13H2,1-2H3,(H,22,25). The summed E-state index contributed by atoms with van der Waals surface area (Å²) < 4.78 is 27.5. The molecule has 0 radical (unpaired) electrons. The highest BCUT2D eigenvalue weighted by Gasteiger charge is 2.30. The van der Waals surface area contributed by atoms with Crippen molar-refractivity contribution in [2.24, 2.45) is 0 Å². The molecule has 0 saturated carbocycles. The van der Waals surface area contributed by atoms with E-state index in [1.54, 1.807) is 0 Å². The van der Waals surface area contributed by atoms with E-state index in [-0.39, 0.29) is 21.4 Å². The van der Waals surface area contributed by atoms with Crippen molar-refractivity contribution in [1.29, 1.82) is 0 Å². The molecule has 6 nitrogen and oxygen atoms in total. The number of nitrogens with one attached hydrogen (secondary N) is 1. The van der Waals surface area contributed by atoms with E-state index < -0.39 is 10.0 Å². The lowest BCUT2D eigenvalue weighted by molar-refractivity contribution is 0.102. The quantitative estimate of drug-likeness (QED) is 0.805. The molecule has 150 valence electrons. The number of carbonyl (C=O) groups is 1. The number of rotatable bonds is 5. The fourth-order valence-corrected chi connectivity index (χ4v) is 5.08. The zero-order valence-electron chi connectivity index (χ0n) is 16.0. The second-order valence-electron chi connectivity index (χ2n) is 6.82. The summed E-state index contributed by atoms with van der Waals surface area (Å²) in [6.07, 6.45) is 0.778. The van der Waals surface area contributed by atoms with Gasteiger partial charge in [-0.05, 0) is 43.3 Å². The lowest BCUT2D eigenvalue weighted by atomic mass is 10.1. The average molecular weight is 422 g/mol. The van der Waals surface area contributed by atoms with Crippen LogP contribution in [0.2, 0.25) is 5.02 Å². The summed E-state index contributed by atoms with van der Waals surface area (Å²) in [5, 5.41) is 2.98. The van der Waals surface area contributed by atoms with Gasteiger partial charge in [0.2, 0.25) is 10.0 Å². The van der Waals surface area contributed by atoms with Crippen molar-refractivity contribution in [2.45, 2.75) is 18.2 Å². The van der Waals surface area contributed by atoms with Crippen molar-refractivity contribution in [2.75, 3.05) is 38.5 Å². The number of hydrogen-bond acceptors (Lipinski definition) is 4. The third-order valence-corrected chi connectivity index (χ3v) is 7.30. The molecule has 0 spiro atoms. The largest absolute Gasteiger partial charge is 0.322 e. The summed E-state index contributed by atoms with van der Waals surface area (Å²) >= 11 is 6.19. The van der Waals surface area contributed by atoms with Crippen molar-refractivity contribution in [1.82, 2.24) is 9.21 Å². The second-order valence-corrected chi connectivity index (χ2v) is 9.13. The van der Waals surface area contributed by atoms with E-state index in [4.69, 9.17) is 11.6 Å². The van der Waals surface area contributed by atoms with Gasteiger partial charge in [-0.15, -0.1) is 0 Å². The van der Waals surface area contributed by atoms with Gasteiger partial charge >= 0.3 is 0 Å². The van der Waals surface area contributed by atoms with Gasteiger partial charge in [0.05, 0.1) is 5.02 Å². The van der Waals surface area contributed by atoms with Crippen LogP contribution in [0.5, 0.6) is 0 Å². The third kappa shape index (κ3) is 4.38. The van der Waals surface area contributed by atoms with E-state index in [9.17, 15) is 13.2 Å². The molecule has 2 aromatic rings. The van der Waals surface area contributed by atoms with Gasteiger partial charge < -0.3 is 10.2 Å². The molecule has 1 heterocycles. The Balaban J connectivity index is 1.87. The van der Waals surface area contributed by atoms with Crippen LogP contribution in [0.1, 0.15) is 22.8 Å². The molecule has 1 saturated heterocycles. The zero-order valence-corrected chi connectivity index (χ0v) is 17.6. The number of sulfonamides is 1. The molecule has 0 bridgehead atoms. The molecule has 1 fully saturated rings. The van der Waals surface area contributed by atoms with Crippen LogP contribution in [-0.2, 0) is 16.4 Å². The average Bonchev–Trinajstić information content (AvgIpc) is 2.69. The van der Waals surface area contributed by atoms with Gasteiger partial charge in [-0.3, -0.25) is 4.79 Å². The monoisotopic (exact) mass is 421 g/mol. The summed E-state index contributed by atoms with van der Waals surface area (Å²) in [6.45, 7) is 4.12. The zero-order chi connectivity index (χ0) is 20.3. The predicted octanol–water partition coefficient (Wildman–Crippen LogP) is 3.09. The highest BCUT2D eigenvalue weighted by molar-refractivity contribution is 7.89. The summed E-state index contributed by atoms with van der Waals surface area (Å²) in [4.78, 5) is 14.8. The van der Waals surface area contributed by atoms with Gasteiger partial charge in [-0.25, -0.2) is 8.42 Å². The first-order valence-electron chi connectivity index (χ1n) is 9.20. The molecular weight excluding hydrogens is 398 g/mol. The molecule has 1 N–H and O–H groups in total. The minimum atomic E-state index is -3.76. The van der Waals surface area contributed by atoms with Crippen molar-refractivity contribution >= 4 is 33.2 Å². The molecule has 2 aromatic carbocycles. The topological polar surface area (TPSA) is 69.7 Å². The Hall–Kier alpha value is -1.93. The van der Waals surface area contributed by atoms with Crippen LogP contribution in [0.25, 0.3) is 0 Å². The van der Waals surface area contributed by atoms with Crippen molar-refractivity contribution in [3.8, 4) is 0 Å².